The number of unbranched alkanes of at least 4 members (excludes halogenated alkanes) is 13. The zero-order valence-electron chi connectivity index (χ0n) is 41.1. The summed E-state index contributed by atoms with van der Waals surface area (Å²) in [6.07, 6.45) is 15.4. The molecule has 0 spiro atoms. The number of aliphatic carboxylic acids is 2. The summed E-state index contributed by atoms with van der Waals surface area (Å²) < 4.78 is 0. The molecule has 1 aromatic carbocycles. The van der Waals surface area contributed by atoms with Gasteiger partial charge in [-0.3, -0.25) is 33.6 Å². The monoisotopic (exact) mass is 958 g/mol. The molecule has 0 aromatic heterocycles. The zero-order chi connectivity index (χ0) is 50.7. The number of nitrogens with two attached hydrogens (primary N) is 1. The van der Waals surface area contributed by atoms with E-state index in [4.69, 9.17) is 5.73 Å². The molecule has 18 heteroatoms. The number of rotatable bonds is 40. The van der Waals surface area contributed by atoms with Crippen molar-refractivity contribution in [2.75, 3.05) is 6.54 Å². The normalized spacial score (nSPS) is 14.1. The van der Waals surface area contributed by atoms with Gasteiger partial charge in [-0.05, 0) is 63.5 Å². The van der Waals surface area contributed by atoms with Gasteiger partial charge in [-0.25, -0.2) is 4.79 Å². The van der Waals surface area contributed by atoms with Gasteiger partial charge in [-0.1, -0.05) is 135 Å². The van der Waals surface area contributed by atoms with Gasteiger partial charge in [0.25, 0.3) is 0 Å². The Bertz CT molecular complexity index is 1680. The van der Waals surface area contributed by atoms with Crippen LogP contribution in [0.15, 0.2) is 30.3 Å². The Morgan fingerprint density at radius 3 is 1.57 bits per heavy atom. The van der Waals surface area contributed by atoms with Crippen LogP contribution in [0.5, 0.6) is 0 Å². The maximum Gasteiger partial charge on any atom is 0.326 e. The van der Waals surface area contributed by atoms with Crippen LogP contribution in [-0.2, 0) is 49.6 Å². The number of carboxylic acids is 2. The van der Waals surface area contributed by atoms with E-state index in [9.17, 15) is 53.4 Å². The Labute approximate surface area is 403 Å². The van der Waals surface area contributed by atoms with Crippen LogP contribution in [0.3, 0.4) is 0 Å². The molecule has 384 valence electrons. The van der Waals surface area contributed by atoms with Crippen LogP contribution >= 0.6 is 0 Å². The van der Waals surface area contributed by atoms with Crippen LogP contribution in [-0.4, -0.2) is 107 Å². The van der Waals surface area contributed by atoms with Crippen LogP contribution in [0, 0.1) is 5.92 Å². The predicted octanol–water partition coefficient (Wildman–Crippen LogP) is 4.74. The van der Waals surface area contributed by atoms with Gasteiger partial charge in [0, 0.05) is 25.7 Å². The number of carboxylic acid groups (broad SMARTS) is 2. The molecule has 0 aliphatic heterocycles. The minimum Gasteiger partial charge on any atom is -0.481 e. The Hall–Kier alpha value is -5.39. The molecule has 18 nitrogen and oxygen atoms in total. The predicted molar refractivity (Wildman–Crippen MR) is 260 cm³/mol. The SMILES string of the molecule is CCCCCCCCCCCCCCCC(=O)N[C@@H](CCC(=O)N[C@@H](CCCCN)C(=O)N[C@@H](CCC(=O)O)C(=O)N[C@@H](Cc1ccccc1)C(=O)N[C@H](C(=O)N[C@@H](C)C=O)[C@@H](C)CC)C(=O)O. The second-order valence-electron chi connectivity index (χ2n) is 17.9. The average Bonchev–Trinajstić information content (AvgIpc) is 3.31. The molecule has 7 atom stereocenters. The molecule has 0 unspecified atom stereocenters. The standard InChI is InChI=1S/C50H83N7O11/c1-5-7-8-9-10-11-12-13-14-15-16-17-21-27-42(59)54-40(50(67)68)28-30-43(60)53-38(26-22-23-32-51)46(63)55-39(29-31-44(61)62)47(64)56-41(33-37-24-19-18-20-25-37)48(65)57-45(35(3)6-2)49(66)52-36(4)34-58/h18-20,24-25,34-36,38-41,45H,5-17,21-23,26-33,51H2,1-4H3,(H,52,66)(H,53,60)(H,54,59)(H,55,63)(H,56,64)(H,57,65)(H,61,62)(H,67,68)/t35-,36-,38-,39-,40-,41-,45-/m0/s1. The minimum absolute atomic E-state index is 0.0490. The van der Waals surface area contributed by atoms with Crippen molar-refractivity contribution in [1.29, 1.82) is 0 Å². The van der Waals surface area contributed by atoms with Gasteiger partial charge in [0.05, 0.1) is 6.04 Å². The number of amides is 6. The van der Waals surface area contributed by atoms with Gasteiger partial charge in [0.15, 0.2) is 0 Å². The Kier molecular flexibility index (Phi) is 32.7. The first kappa shape index (κ1) is 60.6. The van der Waals surface area contributed by atoms with E-state index in [-0.39, 0.29) is 44.6 Å². The Morgan fingerprint density at radius 2 is 1.04 bits per heavy atom. The van der Waals surface area contributed by atoms with Crippen molar-refractivity contribution in [3.05, 3.63) is 35.9 Å². The van der Waals surface area contributed by atoms with E-state index in [1.807, 2.05) is 6.92 Å². The third kappa shape index (κ3) is 27.4. The zero-order valence-corrected chi connectivity index (χ0v) is 41.1. The van der Waals surface area contributed by atoms with Crippen molar-refractivity contribution in [3.63, 3.8) is 0 Å². The van der Waals surface area contributed by atoms with E-state index in [1.54, 1.807) is 37.3 Å². The maximum atomic E-state index is 14.0. The van der Waals surface area contributed by atoms with Crippen molar-refractivity contribution in [1.82, 2.24) is 31.9 Å². The van der Waals surface area contributed by atoms with Gasteiger partial charge in [-0.2, -0.15) is 0 Å². The summed E-state index contributed by atoms with van der Waals surface area (Å²) in [4.78, 5) is 116. The number of nitrogens with one attached hydrogen (secondary N) is 6. The number of aldehydes is 1. The second-order valence-corrected chi connectivity index (χ2v) is 17.9. The van der Waals surface area contributed by atoms with Crippen molar-refractivity contribution in [2.45, 2.75) is 212 Å². The fraction of sp³-hybridized carbons (Fsp3) is 0.700. The van der Waals surface area contributed by atoms with Gasteiger partial charge < -0.3 is 52.6 Å². The molecule has 0 heterocycles. The van der Waals surface area contributed by atoms with Gasteiger partial charge in [0.1, 0.15) is 36.5 Å². The van der Waals surface area contributed by atoms with Crippen LogP contribution in [0.25, 0.3) is 0 Å². The van der Waals surface area contributed by atoms with Crippen LogP contribution in [0.1, 0.15) is 175 Å². The molecular weight excluding hydrogens is 875 g/mol. The summed E-state index contributed by atoms with van der Waals surface area (Å²) in [6.45, 7) is 7.54. The molecule has 1 rings (SSSR count). The highest BCUT2D eigenvalue weighted by molar-refractivity contribution is 5.96. The minimum atomic E-state index is -1.50. The number of carbonyl (C=O) groups excluding carboxylic acids is 7. The van der Waals surface area contributed by atoms with Crippen LogP contribution in [0.2, 0.25) is 0 Å². The van der Waals surface area contributed by atoms with Gasteiger partial charge in [-0.15, -0.1) is 0 Å². The highest BCUT2D eigenvalue weighted by atomic mass is 16.4. The molecule has 0 saturated carbocycles. The number of hydrogen-bond acceptors (Lipinski definition) is 10. The Morgan fingerprint density at radius 1 is 0.544 bits per heavy atom. The average molecular weight is 958 g/mol. The number of benzene rings is 1. The smallest absolute Gasteiger partial charge is 0.326 e. The lowest BCUT2D eigenvalue weighted by molar-refractivity contribution is -0.142. The van der Waals surface area contributed by atoms with Crippen molar-refractivity contribution < 1.29 is 53.4 Å². The molecule has 10 N–H and O–H groups in total. The summed E-state index contributed by atoms with van der Waals surface area (Å²) in [5, 5.41) is 34.9. The summed E-state index contributed by atoms with van der Waals surface area (Å²) in [7, 11) is 0. The number of hydrogen-bond donors (Lipinski definition) is 9. The fourth-order valence-electron chi connectivity index (χ4n) is 7.58. The molecule has 6 amide bonds. The molecule has 0 radical (unpaired) electrons. The summed E-state index contributed by atoms with van der Waals surface area (Å²) in [6, 6.07) is 1.37. The van der Waals surface area contributed by atoms with E-state index >= 15 is 0 Å². The highest BCUT2D eigenvalue weighted by Gasteiger charge is 2.34. The highest BCUT2D eigenvalue weighted by Crippen LogP contribution is 2.15. The van der Waals surface area contributed by atoms with Gasteiger partial charge >= 0.3 is 11.9 Å². The van der Waals surface area contributed by atoms with E-state index in [0.717, 1.165) is 25.7 Å². The summed E-state index contributed by atoms with van der Waals surface area (Å²) >= 11 is 0. The second kappa shape index (κ2) is 36.6. The largest absolute Gasteiger partial charge is 0.481 e. The van der Waals surface area contributed by atoms with E-state index in [0.29, 0.717) is 37.5 Å². The van der Waals surface area contributed by atoms with E-state index < -0.39 is 96.5 Å². The summed E-state index contributed by atoms with van der Waals surface area (Å²) in [5.41, 5.74) is 6.32. The molecule has 68 heavy (non-hydrogen) atoms. The molecule has 0 fully saturated rings. The van der Waals surface area contributed by atoms with Crippen molar-refractivity contribution in [3.8, 4) is 0 Å². The Balaban J connectivity index is 3.02. The third-order valence-corrected chi connectivity index (χ3v) is 12.0. The topological polar surface area (TPSA) is 292 Å². The van der Waals surface area contributed by atoms with E-state index in [1.165, 1.54) is 58.3 Å². The first-order valence-electron chi connectivity index (χ1n) is 25.0. The molecule has 0 aliphatic carbocycles. The third-order valence-electron chi connectivity index (χ3n) is 12.0. The first-order chi connectivity index (χ1) is 32.6. The summed E-state index contributed by atoms with van der Waals surface area (Å²) in [5.74, 6) is -7.16. The van der Waals surface area contributed by atoms with Crippen molar-refractivity contribution in [2.24, 2.45) is 11.7 Å². The molecule has 1 aromatic rings. The molecular formula is C50H83N7O11. The lowest BCUT2D eigenvalue weighted by atomic mass is 9.96. The van der Waals surface area contributed by atoms with Crippen molar-refractivity contribution >= 4 is 53.7 Å². The number of carbonyl (C=O) groups is 9. The lowest BCUT2D eigenvalue weighted by Crippen LogP contribution is -2.60. The molecule has 0 bridgehead atoms. The maximum absolute atomic E-state index is 14.0. The van der Waals surface area contributed by atoms with Crippen LogP contribution in [0.4, 0.5) is 0 Å². The quantitative estimate of drug-likeness (QED) is 0.0319. The lowest BCUT2D eigenvalue weighted by Gasteiger charge is -2.28. The van der Waals surface area contributed by atoms with Gasteiger partial charge in [0.2, 0.25) is 35.4 Å². The molecule has 0 aliphatic rings. The first-order valence-corrected chi connectivity index (χ1v) is 25.0. The molecule has 0 saturated heterocycles. The fourth-order valence-corrected chi connectivity index (χ4v) is 7.58. The van der Waals surface area contributed by atoms with E-state index in [2.05, 4.69) is 38.8 Å². The van der Waals surface area contributed by atoms with Crippen LogP contribution < -0.4 is 37.6 Å².